The van der Waals surface area contributed by atoms with Gasteiger partial charge in [0, 0.05) is 11.1 Å². The number of nitrogens with one attached hydrogen (secondary N) is 2. The molecule has 3 rings (SSSR count). The van der Waals surface area contributed by atoms with Gasteiger partial charge < -0.3 is 0 Å². The highest BCUT2D eigenvalue weighted by Gasteiger charge is 2.17. The van der Waals surface area contributed by atoms with E-state index >= 15 is 0 Å². The monoisotopic (exact) mass is 375 g/mol. The molecule has 1 aliphatic carbocycles. The Hall–Kier alpha value is -1.86. The van der Waals surface area contributed by atoms with Crippen LogP contribution in [0.1, 0.15) is 56.2 Å². The number of hydrogen-bond acceptors (Lipinski definition) is 5. The van der Waals surface area contributed by atoms with E-state index in [0.29, 0.717) is 15.5 Å². The quantitative estimate of drug-likeness (QED) is 0.635. The van der Waals surface area contributed by atoms with Crippen LogP contribution < -0.4 is 10.9 Å². The van der Waals surface area contributed by atoms with Gasteiger partial charge in [-0.05, 0) is 55.7 Å². The van der Waals surface area contributed by atoms with Crippen LogP contribution in [-0.2, 0) is 12.8 Å². The van der Waals surface area contributed by atoms with E-state index in [-0.39, 0.29) is 11.8 Å². The lowest BCUT2D eigenvalue weighted by Crippen LogP contribution is -2.41. The van der Waals surface area contributed by atoms with E-state index in [4.69, 9.17) is 0 Å². The number of amides is 2. The SMILES string of the molecule is CSc1ncccc1C(=O)NNC(=O)c1cc2c(s1)CCCCCC2. The van der Waals surface area contributed by atoms with Crippen molar-refractivity contribution in [1.29, 1.82) is 0 Å². The van der Waals surface area contributed by atoms with Gasteiger partial charge in [0.2, 0.25) is 0 Å². The summed E-state index contributed by atoms with van der Waals surface area (Å²) in [4.78, 5) is 30.8. The number of nitrogens with zero attached hydrogens (tertiary/aromatic N) is 1. The molecular formula is C18H21N3O2S2. The first kappa shape index (κ1) is 17.9. The van der Waals surface area contributed by atoms with Crippen molar-refractivity contribution < 1.29 is 9.59 Å². The van der Waals surface area contributed by atoms with Gasteiger partial charge in [0.25, 0.3) is 11.8 Å². The number of hydrogen-bond donors (Lipinski definition) is 2. The highest BCUT2D eigenvalue weighted by atomic mass is 32.2. The van der Waals surface area contributed by atoms with Gasteiger partial charge in [-0.3, -0.25) is 20.4 Å². The molecule has 0 spiro atoms. The number of pyridine rings is 1. The van der Waals surface area contributed by atoms with Crippen molar-refractivity contribution in [3.63, 3.8) is 0 Å². The molecule has 0 aromatic carbocycles. The van der Waals surface area contributed by atoms with Gasteiger partial charge in [-0.15, -0.1) is 23.1 Å². The molecule has 0 bridgehead atoms. The van der Waals surface area contributed by atoms with Crippen molar-refractivity contribution >= 4 is 34.9 Å². The first-order valence-corrected chi connectivity index (χ1v) is 10.4. The Balaban J connectivity index is 1.64. The van der Waals surface area contributed by atoms with E-state index < -0.39 is 0 Å². The third kappa shape index (κ3) is 4.41. The number of thioether (sulfide) groups is 1. The van der Waals surface area contributed by atoms with Gasteiger partial charge in [-0.25, -0.2) is 4.98 Å². The van der Waals surface area contributed by atoms with Crippen LogP contribution in [0.15, 0.2) is 29.4 Å². The van der Waals surface area contributed by atoms with Gasteiger partial charge in [0.05, 0.1) is 10.4 Å². The van der Waals surface area contributed by atoms with E-state index in [0.717, 1.165) is 12.8 Å². The summed E-state index contributed by atoms with van der Waals surface area (Å²) in [5, 5.41) is 0.633. The predicted molar refractivity (Wildman–Crippen MR) is 101 cm³/mol. The Morgan fingerprint density at radius 2 is 1.88 bits per heavy atom. The maximum Gasteiger partial charge on any atom is 0.279 e. The van der Waals surface area contributed by atoms with Gasteiger partial charge >= 0.3 is 0 Å². The Bertz CT molecular complexity index is 748. The number of rotatable bonds is 3. The van der Waals surface area contributed by atoms with Crippen LogP contribution in [0, 0.1) is 0 Å². The van der Waals surface area contributed by atoms with Gasteiger partial charge in [-0.2, -0.15) is 0 Å². The summed E-state index contributed by atoms with van der Waals surface area (Å²) < 4.78 is 0. The minimum atomic E-state index is -0.360. The predicted octanol–water partition coefficient (Wildman–Crippen LogP) is 3.60. The molecule has 2 N–H and O–H groups in total. The zero-order valence-electron chi connectivity index (χ0n) is 14.1. The summed E-state index contributed by atoms with van der Waals surface area (Å²) in [6, 6.07) is 5.37. The first-order chi connectivity index (χ1) is 12.2. The lowest BCUT2D eigenvalue weighted by molar-refractivity contribution is 0.0847. The molecule has 1 aliphatic rings. The molecule has 0 aliphatic heterocycles. The highest BCUT2D eigenvalue weighted by molar-refractivity contribution is 7.98. The maximum absolute atomic E-state index is 12.4. The van der Waals surface area contributed by atoms with Crippen LogP contribution in [0.2, 0.25) is 0 Å². The first-order valence-electron chi connectivity index (χ1n) is 8.40. The number of carbonyl (C=O) groups is 2. The topological polar surface area (TPSA) is 71.1 Å². The summed E-state index contributed by atoms with van der Waals surface area (Å²) in [6.07, 6.45) is 10.5. The van der Waals surface area contributed by atoms with Crippen molar-refractivity contribution in [1.82, 2.24) is 15.8 Å². The number of fused-ring (bicyclic) bond motifs is 1. The van der Waals surface area contributed by atoms with Crippen molar-refractivity contribution in [3.05, 3.63) is 45.3 Å². The Kier molecular flexibility index (Phi) is 6.09. The number of aromatic nitrogens is 1. The van der Waals surface area contributed by atoms with Crippen molar-refractivity contribution in [2.24, 2.45) is 0 Å². The fraction of sp³-hybridized carbons (Fsp3) is 0.389. The fourth-order valence-corrected chi connectivity index (χ4v) is 4.62. The molecule has 132 valence electrons. The Morgan fingerprint density at radius 3 is 2.68 bits per heavy atom. The fourth-order valence-electron chi connectivity index (χ4n) is 2.92. The molecule has 2 amide bonds. The standard InChI is InChI=1S/C18H21N3O2S2/c1-24-18-13(8-6-10-19-18)16(22)20-21-17(23)15-11-12-7-4-2-3-5-9-14(12)25-15/h6,8,10-11H,2-5,7,9H2,1H3,(H,20,22)(H,21,23). The molecule has 0 radical (unpaired) electrons. The summed E-state index contributed by atoms with van der Waals surface area (Å²) in [5.74, 6) is -0.625. The van der Waals surface area contributed by atoms with Crippen molar-refractivity contribution in [2.75, 3.05) is 6.26 Å². The van der Waals surface area contributed by atoms with E-state index in [1.165, 1.54) is 47.9 Å². The second kappa shape index (κ2) is 8.49. The van der Waals surface area contributed by atoms with E-state index in [2.05, 4.69) is 15.8 Å². The highest BCUT2D eigenvalue weighted by Crippen LogP contribution is 2.28. The van der Waals surface area contributed by atoms with Crippen LogP contribution in [0.5, 0.6) is 0 Å². The number of thiophene rings is 1. The third-order valence-electron chi connectivity index (χ3n) is 4.22. The van der Waals surface area contributed by atoms with Crippen LogP contribution in [0.3, 0.4) is 0 Å². The molecule has 5 nitrogen and oxygen atoms in total. The van der Waals surface area contributed by atoms with Crippen molar-refractivity contribution in [2.45, 2.75) is 43.6 Å². The largest absolute Gasteiger partial charge is 0.279 e. The average Bonchev–Trinajstić information content (AvgIpc) is 3.01. The van der Waals surface area contributed by atoms with Crippen LogP contribution in [0.4, 0.5) is 0 Å². The average molecular weight is 376 g/mol. The van der Waals surface area contributed by atoms with Crippen LogP contribution in [0.25, 0.3) is 0 Å². The van der Waals surface area contributed by atoms with Gasteiger partial charge in [-0.1, -0.05) is 12.8 Å². The van der Waals surface area contributed by atoms with Crippen molar-refractivity contribution in [3.8, 4) is 0 Å². The molecule has 2 heterocycles. The van der Waals surface area contributed by atoms with E-state index in [1.807, 2.05) is 12.3 Å². The second-order valence-electron chi connectivity index (χ2n) is 5.94. The number of hydrazine groups is 1. The minimum Gasteiger partial charge on any atom is -0.267 e. The summed E-state index contributed by atoms with van der Waals surface area (Å²) in [5.41, 5.74) is 6.76. The summed E-state index contributed by atoms with van der Waals surface area (Å²) in [6.45, 7) is 0. The molecule has 2 aromatic heterocycles. The van der Waals surface area contributed by atoms with E-state index in [9.17, 15) is 9.59 Å². The normalized spacial score (nSPS) is 14.1. The van der Waals surface area contributed by atoms with Crippen LogP contribution >= 0.6 is 23.1 Å². The molecule has 0 saturated carbocycles. The molecule has 7 heteroatoms. The van der Waals surface area contributed by atoms with Gasteiger partial charge in [0.15, 0.2) is 0 Å². The Labute approximate surface area is 155 Å². The molecule has 0 atom stereocenters. The van der Waals surface area contributed by atoms with E-state index in [1.54, 1.807) is 29.7 Å². The number of carbonyl (C=O) groups excluding carboxylic acids is 2. The smallest absolute Gasteiger partial charge is 0.267 e. The second-order valence-corrected chi connectivity index (χ2v) is 7.87. The summed E-state index contributed by atoms with van der Waals surface area (Å²) in [7, 11) is 0. The third-order valence-corrected chi connectivity index (χ3v) is 6.17. The zero-order chi connectivity index (χ0) is 17.6. The lowest BCUT2D eigenvalue weighted by Gasteiger charge is -2.08. The van der Waals surface area contributed by atoms with Crippen LogP contribution in [-0.4, -0.2) is 23.1 Å². The molecule has 0 unspecified atom stereocenters. The molecule has 25 heavy (non-hydrogen) atoms. The molecule has 0 saturated heterocycles. The Morgan fingerprint density at radius 1 is 1.12 bits per heavy atom. The maximum atomic E-state index is 12.4. The molecule has 0 fully saturated rings. The zero-order valence-corrected chi connectivity index (χ0v) is 15.8. The lowest BCUT2D eigenvalue weighted by atomic mass is 10.00. The minimum absolute atomic E-state index is 0.264. The number of aryl methyl sites for hydroxylation is 2. The molecular weight excluding hydrogens is 354 g/mol. The summed E-state index contributed by atoms with van der Waals surface area (Å²) >= 11 is 2.94. The molecule has 2 aromatic rings. The van der Waals surface area contributed by atoms with Gasteiger partial charge in [0.1, 0.15) is 5.03 Å².